The molecule has 13 nitrogen and oxygen atoms in total. The van der Waals surface area contributed by atoms with E-state index in [0.717, 1.165) is 24.8 Å². The van der Waals surface area contributed by atoms with Crippen LogP contribution in [0.4, 0.5) is 0 Å². The lowest BCUT2D eigenvalue weighted by molar-refractivity contribution is -0.150. The summed E-state index contributed by atoms with van der Waals surface area (Å²) >= 11 is 0. The number of likely N-dealkylation sites (tertiary alicyclic amines) is 1. The first-order valence-corrected chi connectivity index (χ1v) is 21.0. The van der Waals surface area contributed by atoms with E-state index in [0.29, 0.717) is 26.1 Å². The Balaban J connectivity index is 2.29. The lowest BCUT2D eigenvalue weighted by Gasteiger charge is -2.41. The van der Waals surface area contributed by atoms with Crippen LogP contribution >= 0.6 is 0 Å². The van der Waals surface area contributed by atoms with Gasteiger partial charge in [0.2, 0.25) is 17.7 Å². The fourth-order valence-electron chi connectivity index (χ4n) is 8.61. The first kappa shape index (κ1) is 49.8. The van der Waals surface area contributed by atoms with Gasteiger partial charge in [0, 0.05) is 46.6 Å². The number of Topliss-reactive ketones (excluding diaryl/α,β-unsaturated/α-hetero) is 1. The van der Waals surface area contributed by atoms with Crippen LogP contribution in [-0.2, 0) is 44.6 Å². The number of ether oxygens (including phenoxy) is 3. The minimum absolute atomic E-state index is 0.0186. The standard InChI is InChI=1S/C44H75N5O8/c1-13-30(6)40(48(9)43(53)33(28(2)3)26-36(50)39(29(4)5)47(8)23-18-22-45)37(55-10)27-38(51)49-24-17-21-35(49)41(56-11)31(7)42(52)46-34(44(54)57-12)25-32-19-15-14-16-20-32/h14-16,19-20,28-31,33-35,37,39-41H,13,17-18,21-27,45H2,1-12H3,(H,46,52)/t30-,31+,33-,34-,35-,37+,39-,40-,41+/m0/s1. The van der Waals surface area contributed by atoms with Crippen LogP contribution in [0.2, 0.25) is 0 Å². The van der Waals surface area contributed by atoms with Gasteiger partial charge in [-0.15, -0.1) is 0 Å². The molecule has 1 aliphatic heterocycles. The zero-order valence-electron chi connectivity index (χ0n) is 37.0. The minimum Gasteiger partial charge on any atom is -0.467 e. The molecule has 0 aliphatic carbocycles. The van der Waals surface area contributed by atoms with Gasteiger partial charge in [-0.25, -0.2) is 4.79 Å². The number of amides is 3. The Labute approximate surface area is 343 Å². The summed E-state index contributed by atoms with van der Waals surface area (Å²) in [4.78, 5) is 74.5. The van der Waals surface area contributed by atoms with Crippen LogP contribution in [0.3, 0.4) is 0 Å². The zero-order chi connectivity index (χ0) is 43.0. The van der Waals surface area contributed by atoms with Gasteiger partial charge in [0.05, 0.1) is 49.8 Å². The van der Waals surface area contributed by atoms with E-state index >= 15 is 0 Å². The van der Waals surface area contributed by atoms with E-state index in [9.17, 15) is 24.0 Å². The molecule has 1 fully saturated rings. The second-order valence-electron chi connectivity index (χ2n) is 16.7. The second-order valence-corrected chi connectivity index (χ2v) is 16.7. The van der Waals surface area contributed by atoms with Crippen molar-refractivity contribution >= 4 is 29.5 Å². The third kappa shape index (κ3) is 13.9. The molecule has 1 aromatic rings. The molecule has 57 heavy (non-hydrogen) atoms. The molecule has 324 valence electrons. The van der Waals surface area contributed by atoms with E-state index in [4.69, 9.17) is 19.9 Å². The number of likely N-dealkylation sites (N-methyl/N-ethyl adjacent to an activating group) is 2. The summed E-state index contributed by atoms with van der Waals surface area (Å²) in [5, 5.41) is 2.87. The first-order chi connectivity index (χ1) is 27.0. The number of nitrogens with zero attached hydrogens (tertiary/aromatic N) is 3. The van der Waals surface area contributed by atoms with Crippen LogP contribution in [0.15, 0.2) is 30.3 Å². The van der Waals surface area contributed by atoms with Gasteiger partial charge in [0.25, 0.3) is 0 Å². The number of nitrogens with one attached hydrogen (secondary N) is 1. The van der Waals surface area contributed by atoms with Gasteiger partial charge in [0.1, 0.15) is 6.04 Å². The molecular weight excluding hydrogens is 727 g/mol. The SMILES string of the molecule is CC[C@H](C)[C@@H]([C@@H](CC(=O)N1CCC[C@H]1[C@H](OC)[C@@H](C)C(=O)N[C@@H](Cc1ccccc1)C(=O)OC)OC)N(C)C(=O)[C@@H](CC(=O)[C@H](C(C)C)N(C)CCCN)C(C)C. The average Bonchev–Trinajstić information content (AvgIpc) is 3.67. The number of nitrogens with two attached hydrogens (primary N) is 1. The second kappa shape index (κ2) is 24.5. The zero-order valence-corrected chi connectivity index (χ0v) is 37.0. The molecule has 0 radical (unpaired) electrons. The van der Waals surface area contributed by atoms with Crippen molar-refractivity contribution in [3.05, 3.63) is 35.9 Å². The molecule has 9 atom stereocenters. The van der Waals surface area contributed by atoms with Crippen LogP contribution in [0.5, 0.6) is 0 Å². The highest BCUT2D eigenvalue weighted by molar-refractivity contribution is 5.90. The summed E-state index contributed by atoms with van der Waals surface area (Å²) in [6.45, 7) is 15.6. The lowest BCUT2D eigenvalue weighted by atomic mass is 9.83. The highest BCUT2D eigenvalue weighted by atomic mass is 16.5. The predicted octanol–water partition coefficient (Wildman–Crippen LogP) is 4.34. The maximum atomic E-state index is 14.4. The Kier molecular flexibility index (Phi) is 21.4. The molecule has 2 rings (SSSR count). The number of hydrogen-bond donors (Lipinski definition) is 2. The number of methoxy groups -OCH3 is 3. The molecule has 0 saturated carbocycles. The topological polar surface area (TPSA) is 161 Å². The maximum absolute atomic E-state index is 14.4. The largest absolute Gasteiger partial charge is 0.467 e. The van der Waals surface area contributed by atoms with E-state index in [1.54, 1.807) is 30.9 Å². The molecule has 0 aromatic heterocycles. The molecule has 1 saturated heterocycles. The van der Waals surface area contributed by atoms with Crippen molar-refractivity contribution in [2.45, 2.75) is 130 Å². The summed E-state index contributed by atoms with van der Waals surface area (Å²) in [5.74, 6) is -2.46. The molecule has 13 heteroatoms. The number of rotatable bonds is 25. The van der Waals surface area contributed by atoms with Gasteiger partial charge >= 0.3 is 5.97 Å². The summed E-state index contributed by atoms with van der Waals surface area (Å²) in [6, 6.07) is 7.35. The smallest absolute Gasteiger partial charge is 0.328 e. The number of benzene rings is 1. The molecule has 3 N–H and O–H groups in total. The normalized spacial score (nSPS) is 18.7. The molecular formula is C44H75N5O8. The summed E-state index contributed by atoms with van der Waals surface area (Å²) in [7, 11) is 8.10. The van der Waals surface area contributed by atoms with Gasteiger partial charge in [-0.1, -0.05) is 85.2 Å². The Morgan fingerprint density at radius 1 is 0.930 bits per heavy atom. The Bertz CT molecular complexity index is 1410. The van der Waals surface area contributed by atoms with E-state index in [1.165, 1.54) is 14.2 Å². The van der Waals surface area contributed by atoms with Crippen molar-refractivity contribution < 1.29 is 38.2 Å². The van der Waals surface area contributed by atoms with Crippen LogP contribution in [0.25, 0.3) is 0 Å². The van der Waals surface area contributed by atoms with Crippen molar-refractivity contribution in [2.75, 3.05) is 55.1 Å². The van der Waals surface area contributed by atoms with Crippen molar-refractivity contribution in [3.8, 4) is 0 Å². The molecule has 0 bridgehead atoms. The fraction of sp³-hybridized carbons (Fsp3) is 0.750. The van der Waals surface area contributed by atoms with Crippen molar-refractivity contribution in [1.82, 2.24) is 20.0 Å². The van der Waals surface area contributed by atoms with E-state index in [1.807, 2.05) is 65.1 Å². The van der Waals surface area contributed by atoms with Gasteiger partial charge < -0.3 is 35.1 Å². The predicted molar refractivity (Wildman–Crippen MR) is 223 cm³/mol. The number of hydrogen-bond acceptors (Lipinski definition) is 10. The average molecular weight is 802 g/mol. The highest BCUT2D eigenvalue weighted by Crippen LogP contribution is 2.31. The Morgan fingerprint density at radius 2 is 1.58 bits per heavy atom. The monoisotopic (exact) mass is 802 g/mol. The first-order valence-electron chi connectivity index (χ1n) is 21.0. The Morgan fingerprint density at radius 3 is 2.11 bits per heavy atom. The minimum atomic E-state index is -0.890. The van der Waals surface area contributed by atoms with Crippen LogP contribution in [-0.4, -0.2) is 136 Å². The van der Waals surface area contributed by atoms with Crippen LogP contribution in [0, 0.1) is 29.6 Å². The molecule has 0 unspecified atom stereocenters. The third-order valence-corrected chi connectivity index (χ3v) is 12.0. The summed E-state index contributed by atoms with van der Waals surface area (Å²) in [6.07, 6.45) is 2.03. The number of carbonyl (C=O) groups is 5. The molecule has 1 heterocycles. The van der Waals surface area contributed by atoms with Crippen molar-refractivity contribution in [2.24, 2.45) is 35.3 Å². The van der Waals surface area contributed by atoms with Gasteiger partial charge in [-0.05, 0) is 62.7 Å². The van der Waals surface area contributed by atoms with Crippen LogP contribution < -0.4 is 11.1 Å². The lowest BCUT2D eigenvalue weighted by Crippen LogP contribution is -2.55. The van der Waals surface area contributed by atoms with E-state index in [-0.39, 0.29) is 72.6 Å². The van der Waals surface area contributed by atoms with Crippen molar-refractivity contribution in [1.29, 1.82) is 0 Å². The van der Waals surface area contributed by atoms with Crippen LogP contribution in [0.1, 0.15) is 92.6 Å². The van der Waals surface area contributed by atoms with E-state index < -0.39 is 42.1 Å². The third-order valence-electron chi connectivity index (χ3n) is 12.0. The van der Waals surface area contributed by atoms with E-state index in [2.05, 4.69) is 24.1 Å². The quantitative estimate of drug-likeness (QED) is 0.136. The number of esters is 1. The van der Waals surface area contributed by atoms with Gasteiger partial charge in [0.15, 0.2) is 5.78 Å². The summed E-state index contributed by atoms with van der Waals surface area (Å²) < 4.78 is 17.0. The molecule has 1 aliphatic rings. The highest BCUT2D eigenvalue weighted by Gasteiger charge is 2.43. The maximum Gasteiger partial charge on any atom is 0.328 e. The number of ketones is 1. The molecule has 1 aromatic carbocycles. The van der Waals surface area contributed by atoms with Gasteiger partial charge in [-0.2, -0.15) is 0 Å². The molecule has 0 spiro atoms. The van der Waals surface area contributed by atoms with Crippen molar-refractivity contribution in [3.63, 3.8) is 0 Å². The molecule has 3 amide bonds. The fourth-order valence-corrected chi connectivity index (χ4v) is 8.61. The number of carbonyl (C=O) groups excluding carboxylic acids is 5. The van der Waals surface area contributed by atoms with Gasteiger partial charge in [-0.3, -0.25) is 24.1 Å². The summed E-state index contributed by atoms with van der Waals surface area (Å²) in [5.41, 5.74) is 6.63. The Hall–Kier alpha value is -3.39.